The van der Waals surface area contributed by atoms with Crippen molar-refractivity contribution < 1.29 is 9.53 Å². The summed E-state index contributed by atoms with van der Waals surface area (Å²) < 4.78 is 6.92. The average molecular weight is 496 g/mol. The largest absolute Gasteiger partial charge is 0.398 e. The van der Waals surface area contributed by atoms with Gasteiger partial charge in [0.1, 0.15) is 15.7 Å². The van der Waals surface area contributed by atoms with Crippen LogP contribution in [0.15, 0.2) is 47.4 Å². The van der Waals surface area contributed by atoms with E-state index < -0.39 is 0 Å². The first kappa shape index (κ1) is 22.5. The Labute approximate surface area is 204 Å². The molecule has 0 spiro atoms. The molecule has 0 saturated carbocycles. The van der Waals surface area contributed by atoms with Crippen molar-refractivity contribution in [2.75, 3.05) is 18.9 Å². The lowest BCUT2D eigenvalue weighted by Crippen LogP contribution is -2.34. The van der Waals surface area contributed by atoms with E-state index in [-0.39, 0.29) is 17.5 Å². The molecule has 174 valence electrons. The Balaban J connectivity index is 1.46. The van der Waals surface area contributed by atoms with Gasteiger partial charge in [0.2, 0.25) is 0 Å². The molecule has 1 saturated heterocycles. The van der Waals surface area contributed by atoms with Crippen LogP contribution < -0.4 is 16.6 Å². The van der Waals surface area contributed by atoms with Gasteiger partial charge in [0.15, 0.2) is 0 Å². The first-order chi connectivity index (χ1) is 16.4. The predicted molar refractivity (Wildman–Crippen MR) is 134 cm³/mol. The van der Waals surface area contributed by atoms with Crippen LogP contribution in [0.1, 0.15) is 27.5 Å². The van der Waals surface area contributed by atoms with Crippen LogP contribution in [0.3, 0.4) is 0 Å². The van der Waals surface area contributed by atoms with Gasteiger partial charge in [0.05, 0.1) is 36.3 Å². The zero-order chi connectivity index (χ0) is 23.8. The number of rotatable bonds is 5. The minimum atomic E-state index is -0.183. The predicted octanol–water partition coefficient (Wildman–Crippen LogP) is 3.63. The van der Waals surface area contributed by atoms with E-state index in [1.165, 1.54) is 17.5 Å². The first-order valence-corrected chi connectivity index (χ1v) is 12.0. The summed E-state index contributed by atoms with van der Waals surface area (Å²) in [6, 6.07) is 10.8. The van der Waals surface area contributed by atoms with Crippen LogP contribution in [0, 0.1) is 6.92 Å². The number of carbonyl (C=O) groups is 1. The molecule has 1 unspecified atom stereocenters. The molecule has 0 radical (unpaired) electrons. The van der Waals surface area contributed by atoms with Crippen LogP contribution in [-0.2, 0) is 11.3 Å². The molecule has 5 rings (SSSR count). The molecule has 34 heavy (non-hydrogen) atoms. The Morgan fingerprint density at radius 2 is 2.12 bits per heavy atom. The van der Waals surface area contributed by atoms with Gasteiger partial charge in [-0.1, -0.05) is 23.7 Å². The molecular weight excluding hydrogens is 474 g/mol. The van der Waals surface area contributed by atoms with Crippen LogP contribution in [0.25, 0.3) is 21.5 Å². The number of nitrogens with one attached hydrogen (secondary N) is 1. The SMILES string of the molecule is Cc1nc2cc(-c3ncc(C(=O)NC4CCOC4)s3)c(N)cc2c(=O)n1Cc1ccc(Cl)cc1. The lowest BCUT2D eigenvalue weighted by molar-refractivity contribution is 0.0934. The number of anilines is 1. The Hall–Kier alpha value is -3.27. The number of ether oxygens (including phenoxy) is 1. The van der Waals surface area contributed by atoms with E-state index in [1.54, 1.807) is 35.8 Å². The van der Waals surface area contributed by atoms with Crippen molar-refractivity contribution >= 4 is 45.4 Å². The third-order valence-electron chi connectivity index (χ3n) is 5.80. The Kier molecular flexibility index (Phi) is 6.07. The summed E-state index contributed by atoms with van der Waals surface area (Å²) in [4.78, 5) is 35.3. The zero-order valence-corrected chi connectivity index (χ0v) is 19.9. The van der Waals surface area contributed by atoms with Gasteiger partial charge < -0.3 is 15.8 Å². The van der Waals surface area contributed by atoms with Crippen molar-refractivity contribution in [1.29, 1.82) is 0 Å². The fraction of sp³-hybridized carbons (Fsp3) is 0.250. The molecule has 3 heterocycles. The zero-order valence-electron chi connectivity index (χ0n) is 18.4. The number of halogens is 1. The smallest absolute Gasteiger partial charge is 0.263 e. The fourth-order valence-corrected chi connectivity index (χ4v) is 4.93. The van der Waals surface area contributed by atoms with Crippen molar-refractivity contribution in [1.82, 2.24) is 19.9 Å². The number of aryl methyl sites for hydroxylation is 1. The van der Waals surface area contributed by atoms with Gasteiger partial charge >= 0.3 is 0 Å². The second kappa shape index (κ2) is 9.17. The molecule has 2 aromatic carbocycles. The third-order valence-corrected chi connectivity index (χ3v) is 7.08. The number of nitrogens with zero attached hydrogens (tertiary/aromatic N) is 3. The normalized spacial score (nSPS) is 15.6. The molecule has 10 heteroatoms. The summed E-state index contributed by atoms with van der Waals surface area (Å²) in [5, 5.41) is 4.62. The van der Waals surface area contributed by atoms with E-state index in [0.717, 1.165) is 12.0 Å². The van der Waals surface area contributed by atoms with E-state index in [9.17, 15) is 9.59 Å². The number of carbonyl (C=O) groups excluding carboxylic acids is 1. The maximum atomic E-state index is 13.2. The minimum Gasteiger partial charge on any atom is -0.398 e. The number of amides is 1. The summed E-state index contributed by atoms with van der Waals surface area (Å²) >= 11 is 7.22. The first-order valence-electron chi connectivity index (χ1n) is 10.8. The van der Waals surface area contributed by atoms with Gasteiger partial charge in [0, 0.05) is 22.9 Å². The summed E-state index contributed by atoms with van der Waals surface area (Å²) in [7, 11) is 0. The molecule has 1 amide bonds. The number of nitrogens with two attached hydrogens (primary N) is 1. The average Bonchev–Trinajstić information content (AvgIpc) is 3.51. The van der Waals surface area contributed by atoms with Gasteiger partial charge in [-0.25, -0.2) is 9.97 Å². The highest BCUT2D eigenvalue weighted by atomic mass is 35.5. The molecule has 3 N–H and O–H groups in total. The fourth-order valence-electron chi connectivity index (χ4n) is 3.95. The minimum absolute atomic E-state index is 0.0195. The standard InChI is InChI=1S/C24H22ClN5O3S/c1-13-28-20-9-17(23-27-10-21(34-23)22(31)29-16-6-7-33-12-16)19(26)8-18(20)24(32)30(13)11-14-2-4-15(25)5-3-14/h2-5,8-10,16H,6-7,11-12,26H2,1H3,(H,29,31). The van der Waals surface area contributed by atoms with E-state index in [0.29, 0.717) is 62.6 Å². The number of hydrogen-bond acceptors (Lipinski definition) is 7. The summed E-state index contributed by atoms with van der Waals surface area (Å²) in [6.45, 7) is 3.35. The van der Waals surface area contributed by atoms with E-state index in [2.05, 4.69) is 15.3 Å². The van der Waals surface area contributed by atoms with Gasteiger partial charge in [-0.2, -0.15) is 0 Å². The second-order valence-corrected chi connectivity index (χ2v) is 9.66. The number of benzene rings is 2. The van der Waals surface area contributed by atoms with Gasteiger partial charge in [-0.3, -0.25) is 14.2 Å². The van der Waals surface area contributed by atoms with Crippen LogP contribution in [0.2, 0.25) is 5.02 Å². The number of nitrogen functional groups attached to an aromatic ring is 1. The molecule has 8 nitrogen and oxygen atoms in total. The third kappa shape index (κ3) is 4.42. The number of hydrogen-bond donors (Lipinski definition) is 2. The highest BCUT2D eigenvalue weighted by Gasteiger charge is 2.21. The lowest BCUT2D eigenvalue weighted by atomic mass is 10.1. The van der Waals surface area contributed by atoms with Gasteiger partial charge in [-0.05, 0) is 43.2 Å². The van der Waals surface area contributed by atoms with E-state index in [1.807, 2.05) is 12.1 Å². The summed E-state index contributed by atoms with van der Waals surface area (Å²) in [5.41, 5.74) is 8.67. The van der Waals surface area contributed by atoms with Crippen LogP contribution in [0.4, 0.5) is 5.69 Å². The van der Waals surface area contributed by atoms with Crippen molar-refractivity contribution in [2.45, 2.75) is 25.9 Å². The molecule has 2 aromatic heterocycles. The van der Waals surface area contributed by atoms with Gasteiger partial charge in [0.25, 0.3) is 11.5 Å². The topological polar surface area (TPSA) is 112 Å². The van der Waals surface area contributed by atoms with Crippen molar-refractivity contribution in [3.05, 3.63) is 74.2 Å². The number of aromatic nitrogens is 3. The molecule has 0 bridgehead atoms. The quantitative estimate of drug-likeness (QED) is 0.409. The molecular formula is C24H22ClN5O3S. The van der Waals surface area contributed by atoms with Crippen molar-refractivity contribution in [3.63, 3.8) is 0 Å². The molecule has 1 aliphatic heterocycles. The van der Waals surface area contributed by atoms with Gasteiger partial charge in [-0.15, -0.1) is 11.3 Å². The van der Waals surface area contributed by atoms with E-state index >= 15 is 0 Å². The molecule has 1 aliphatic rings. The number of fused-ring (bicyclic) bond motifs is 1. The Bertz CT molecular complexity index is 1440. The highest BCUT2D eigenvalue weighted by Crippen LogP contribution is 2.32. The van der Waals surface area contributed by atoms with E-state index in [4.69, 9.17) is 22.1 Å². The molecule has 1 fully saturated rings. The number of thiazole rings is 1. The lowest BCUT2D eigenvalue weighted by Gasteiger charge is -2.12. The second-order valence-electron chi connectivity index (χ2n) is 8.20. The maximum Gasteiger partial charge on any atom is 0.263 e. The highest BCUT2D eigenvalue weighted by molar-refractivity contribution is 7.17. The molecule has 1 atom stereocenters. The summed E-state index contributed by atoms with van der Waals surface area (Å²) in [6.07, 6.45) is 2.34. The van der Waals surface area contributed by atoms with Crippen LogP contribution >= 0.6 is 22.9 Å². The molecule has 0 aliphatic carbocycles. The van der Waals surface area contributed by atoms with Crippen molar-refractivity contribution in [2.24, 2.45) is 0 Å². The van der Waals surface area contributed by atoms with Crippen LogP contribution in [0.5, 0.6) is 0 Å². The van der Waals surface area contributed by atoms with Crippen molar-refractivity contribution in [3.8, 4) is 10.6 Å². The van der Waals surface area contributed by atoms with Crippen LogP contribution in [-0.4, -0.2) is 39.7 Å². The monoisotopic (exact) mass is 495 g/mol. The Morgan fingerprint density at radius 3 is 2.85 bits per heavy atom. The maximum absolute atomic E-state index is 13.2. The molecule has 4 aromatic rings. The summed E-state index contributed by atoms with van der Waals surface area (Å²) in [5.74, 6) is 0.402. The Morgan fingerprint density at radius 1 is 1.32 bits per heavy atom.